The van der Waals surface area contributed by atoms with Crippen molar-refractivity contribution in [2.75, 3.05) is 12.4 Å². The minimum absolute atomic E-state index is 0.0939. The second-order valence-electron chi connectivity index (χ2n) is 2.17. The molecule has 0 heterocycles. The van der Waals surface area contributed by atoms with Gasteiger partial charge in [-0.05, 0) is 6.07 Å². The highest BCUT2D eigenvalue weighted by Gasteiger charge is 2.07. The van der Waals surface area contributed by atoms with Gasteiger partial charge < -0.3 is 5.32 Å². The summed E-state index contributed by atoms with van der Waals surface area (Å²) in [5, 5.41) is 11.1. The van der Waals surface area contributed by atoms with Gasteiger partial charge in [0.2, 0.25) is 0 Å². The molecule has 0 spiro atoms. The van der Waals surface area contributed by atoms with Crippen molar-refractivity contribution in [1.82, 2.24) is 0 Å². The van der Waals surface area contributed by atoms with Crippen molar-refractivity contribution < 1.29 is 8.78 Å². The van der Waals surface area contributed by atoms with Gasteiger partial charge >= 0.3 is 0 Å². The average molecular weight is 168 g/mol. The molecule has 0 unspecified atom stereocenters. The Kier molecular flexibility index (Phi) is 2.24. The van der Waals surface area contributed by atoms with Gasteiger partial charge in [-0.2, -0.15) is 5.26 Å². The summed E-state index contributed by atoms with van der Waals surface area (Å²) in [5.41, 5.74) is 0.382. The van der Waals surface area contributed by atoms with Crippen LogP contribution in [0, 0.1) is 23.0 Å². The van der Waals surface area contributed by atoms with E-state index in [9.17, 15) is 8.78 Å². The van der Waals surface area contributed by atoms with E-state index in [1.807, 2.05) is 0 Å². The number of nitrogens with one attached hydrogen (secondary N) is 1. The lowest BCUT2D eigenvalue weighted by atomic mass is 10.2. The summed E-state index contributed by atoms with van der Waals surface area (Å²) in [5.74, 6) is -1.97. The number of hydrogen-bond donors (Lipinski definition) is 1. The van der Waals surface area contributed by atoms with Crippen LogP contribution < -0.4 is 5.32 Å². The van der Waals surface area contributed by atoms with Crippen LogP contribution in [0.4, 0.5) is 14.5 Å². The standard InChI is InChI=1S/C8H6F2N2/c1-12-8-3-7(10)6(9)2-5(8)4-11/h2-3,12H,1H3. The minimum Gasteiger partial charge on any atom is -0.387 e. The minimum atomic E-state index is -1.01. The molecule has 62 valence electrons. The Labute approximate surface area is 68.4 Å². The summed E-state index contributed by atoms with van der Waals surface area (Å²) in [6, 6.07) is 3.56. The lowest BCUT2D eigenvalue weighted by Crippen LogP contribution is -1.95. The van der Waals surface area contributed by atoms with Gasteiger partial charge in [0.15, 0.2) is 11.6 Å². The lowest BCUT2D eigenvalue weighted by Gasteiger charge is -2.02. The predicted molar refractivity (Wildman–Crippen MR) is 40.6 cm³/mol. The summed E-state index contributed by atoms with van der Waals surface area (Å²) in [7, 11) is 1.54. The summed E-state index contributed by atoms with van der Waals surface area (Å²) in [4.78, 5) is 0. The third-order valence-corrected chi connectivity index (χ3v) is 1.45. The quantitative estimate of drug-likeness (QED) is 0.694. The largest absolute Gasteiger partial charge is 0.387 e. The van der Waals surface area contributed by atoms with Gasteiger partial charge in [0, 0.05) is 13.1 Å². The van der Waals surface area contributed by atoms with Crippen molar-refractivity contribution in [3.8, 4) is 6.07 Å². The molecule has 0 atom stereocenters. The van der Waals surface area contributed by atoms with E-state index in [4.69, 9.17) is 5.26 Å². The van der Waals surface area contributed by atoms with Crippen LogP contribution in [0.15, 0.2) is 12.1 Å². The molecule has 0 aromatic heterocycles. The van der Waals surface area contributed by atoms with E-state index in [0.717, 1.165) is 12.1 Å². The average Bonchev–Trinajstić information content (AvgIpc) is 2.09. The fraction of sp³-hybridized carbons (Fsp3) is 0.125. The molecule has 0 fully saturated rings. The zero-order valence-electron chi connectivity index (χ0n) is 6.36. The Bertz CT molecular complexity index is 342. The van der Waals surface area contributed by atoms with E-state index in [1.165, 1.54) is 7.05 Å². The van der Waals surface area contributed by atoms with Gasteiger partial charge in [-0.1, -0.05) is 0 Å². The molecule has 0 saturated carbocycles. The molecule has 1 rings (SSSR count). The Hall–Kier alpha value is -1.63. The Morgan fingerprint density at radius 2 is 1.92 bits per heavy atom. The highest BCUT2D eigenvalue weighted by atomic mass is 19.2. The Balaban J connectivity index is 3.31. The SMILES string of the molecule is CNc1cc(F)c(F)cc1C#N. The molecule has 2 nitrogen and oxygen atoms in total. The molecule has 4 heteroatoms. The second kappa shape index (κ2) is 3.18. The number of rotatable bonds is 1. The molecule has 0 saturated heterocycles. The van der Waals surface area contributed by atoms with Crippen molar-refractivity contribution in [3.05, 3.63) is 29.3 Å². The van der Waals surface area contributed by atoms with Crippen molar-refractivity contribution in [3.63, 3.8) is 0 Å². The highest BCUT2D eigenvalue weighted by Crippen LogP contribution is 2.18. The van der Waals surface area contributed by atoms with Crippen LogP contribution in [0.5, 0.6) is 0 Å². The van der Waals surface area contributed by atoms with Gasteiger partial charge in [0.1, 0.15) is 6.07 Å². The number of anilines is 1. The number of benzene rings is 1. The van der Waals surface area contributed by atoms with Crippen LogP contribution in [0.1, 0.15) is 5.56 Å². The van der Waals surface area contributed by atoms with Crippen molar-refractivity contribution in [2.45, 2.75) is 0 Å². The van der Waals surface area contributed by atoms with Crippen LogP contribution >= 0.6 is 0 Å². The van der Waals surface area contributed by atoms with Crippen LogP contribution in [-0.2, 0) is 0 Å². The molecule has 1 aromatic rings. The van der Waals surface area contributed by atoms with Crippen molar-refractivity contribution >= 4 is 5.69 Å². The normalized spacial score (nSPS) is 9.17. The molecule has 0 bridgehead atoms. The molecule has 0 amide bonds. The zero-order chi connectivity index (χ0) is 9.14. The summed E-state index contributed by atoms with van der Waals surface area (Å²) in [6.07, 6.45) is 0. The molecule has 1 N–H and O–H groups in total. The van der Waals surface area contributed by atoms with Crippen molar-refractivity contribution in [2.24, 2.45) is 0 Å². The third kappa shape index (κ3) is 1.35. The monoisotopic (exact) mass is 168 g/mol. The maximum absolute atomic E-state index is 12.6. The first kappa shape index (κ1) is 8.47. The molecule has 0 aliphatic heterocycles. The van der Waals surface area contributed by atoms with E-state index in [1.54, 1.807) is 6.07 Å². The predicted octanol–water partition coefficient (Wildman–Crippen LogP) is 1.88. The fourth-order valence-corrected chi connectivity index (χ4v) is 0.846. The van der Waals surface area contributed by atoms with Gasteiger partial charge in [-0.3, -0.25) is 0 Å². The fourth-order valence-electron chi connectivity index (χ4n) is 0.846. The summed E-state index contributed by atoms with van der Waals surface area (Å²) < 4.78 is 25.1. The van der Waals surface area contributed by atoms with Gasteiger partial charge in [0.25, 0.3) is 0 Å². The maximum Gasteiger partial charge on any atom is 0.160 e. The smallest absolute Gasteiger partial charge is 0.160 e. The van der Waals surface area contributed by atoms with Crippen molar-refractivity contribution in [1.29, 1.82) is 5.26 Å². The van der Waals surface area contributed by atoms with Crippen LogP contribution in [0.2, 0.25) is 0 Å². The first-order valence-corrected chi connectivity index (χ1v) is 3.26. The first-order chi connectivity index (χ1) is 5.69. The van der Waals surface area contributed by atoms with Crippen LogP contribution in [0.3, 0.4) is 0 Å². The number of halogens is 2. The van der Waals surface area contributed by atoms with E-state index >= 15 is 0 Å². The van der Waals surface area contributed by atoms with Gasteiger partial charge in [0.05, 0.1) is 11.3 Å². The third-order valence-electron chi connectivity index (χ3n) is 1.45. The van der Waals surface area contributed by atoms with Gasteiger partial charge in [-0.25, -0.2) is 8.78 Å². The van der Waals surface area contributed by atoms with E-state index in [2.05, 4.69) is 5.32 Å². The molecule has 0 aliphatic rings. The molecular formula is C8H6F2N2. The van der Waals surface area contributed by atoms with E-state index in [-0.39, 0.29) is 11.3 Å². The Morgan fingerprint density at radius 1 is 1.33 bits per heavy atom. The molecular weight excluding hydrogens is 162 g/mol. The number of hydrogen-bond acceptors (Lipinski definition) is 2. The second-order valence-corrected chi connectivity index (χ2v) is 2.17. The Morgan fingerprint density at radius 3 is 2.42 bits per heavy atom. The van der Waals surface area contributed by atoms with Crippen LogP contribution in [0.25, 0.3) is 0 Å². The van der Waals surface area contributed by atoms with E-state index in [0.29, 0.717) is 0 Å². The molecule has 0 aliphatic carbocycles. The molecule has 0 radical (unpaired) electrons. The van der Waals surface area contributed by atoms with Crippen LogP contribution in [-0.4, -0.2) is 7.05 Å². The molecule has 12 heavy (non-hydrogen) atoms. The summed E-state index contributed by atoms with van der Waals surface area (Å²) in [6.45, 7) is 0. The topological polar surface area (TPSA) is 35.8 Å². The zero-order valence-corrected chi connectivity index (χ0v) is 6.36. The van der Waals surface area contributed by atoms with Gasteiger partial charge in [-0.15, -0.1) is 0 Å². The lowest BCUT2D eigenvalue weighted by molar-refractivity contribution is 0.509. The number of nitriles is 1. The first-order valence-electron chi connectivity index (χ1n) is 3.26. The highest BCUT2D eigenvalue weighted by molar-refractivity contribution is 5.57. The summed E-state index contributed by atoms with van der Waals surface area (Å²) >= 11 is 0. The van der Waals surface area contributed by atoms with E-state index < -0.39 is 11.6 Å². The molecule has 1 aromatic carbocycles. The number of nitrogens with zero attached hydrogens (tertiary/aromatic N) is 1. The maximum atomic E-state index is 12.6.